The Balaban J connectivity index is 2.04. The first-order valence-electron chi connectivity index (χ1n) is 7.43. The summed E-state index contributed by atoms with van der Waals surface area (Å²) in [6.45, 7) is 3.31. The molecule has 0 saturated carbocycles. The van der Waals surface area contributed by atoms with Crippen molar-refractivity contribution in [1.82, 2.24) is 4.72 Å². The Bertz CT molecular complexity index is 857. The minimum atomic E-state index is -3.80. The second kappa shape index (κ2) is 7.86. The summed E-state index contributed by atoms with van der Waals surface area (Å²) in [5, 5.41) is 3.04. The number of benzene rings is 2. The van der Waals surface area contributed by atoms with E-state index in [9.17, 15) is 13.2 Å². The number of carbonyl (C=O) groups is 1. The lowest BCUT2D eigenvalue weighted by molar-refractivity contribution is -0.115. The standard InChI is InChI=1S/C17H19ClN2O4S/c1-11-8-12(2)17(15(18)9-11)20-16(21)10-19-25(22,23)14-6-4-13(24-3)5-7-14/h4-9,19H,10H2,1-3H3,(H,20,21). The van der Waals surface area contributed by atoms with Crippen molar-refractivity contribution in [2.45, 2.75) is 18.7 Å². The van der Waals surface area contributed by atoms with Gasteiger partial charge in [0.2, 0.25) is 15.9 Å². The Kier molecular flexibility index (Phi) is 6.05. The van der Waals surface area contributed by atoms with E-state index in [4.69, 9.17) is 16.3 Å². The lowest BCUT2D eigenvalue weighted by Gasteiger charge is -2.12. The second-order valence-electron chi connectivity index (χ2n) is 5.49. The molecule has 0 aromatic heterocycles. The zero-order valence-corrected chi connectivity index (χ0v) is 15.7. The highest BCUT2D eigenvalue weighted by molar-refractivity contribution is 7.89. The van der Waals surface area contributed by atoms with Crippen molar-refractivity contribution in [3.63, 3.8) is 0 Å². The quantitative estimate of drug-likeness (QED) is 0.804. The molecule has 8 heteroatoms. The molecule has 134 valence electrons. The number of ether oxygens (including phenoxy) is 1. The van der Waals surface area contributed by atoms with Crippen LogP contribution in [-0.2, 0) is 14.8 Å². The van der Waals surface area contributed by atoms with E-state index in [2.05, 4.69) is 10.0 Å². The number of hydrogen-bond donors (Lipinski definition) is 2. The summed E-state index contributed by atoms with van der Waals surface area (Å²) in [6.07, 6.45) is 0. The van der Waals surface area contributed by atoms with Gasteiger partial charge in [0.25, 0.3) is 0 Å². The van der Waals surface area contributed by atoms with Crippen LogP contribution in [0.3, 0.4) is 0 Å². The van der Waals surface area contributed by atoms with Gasteiger partial charge in [0.05, 0.1) is 29.3 Å². The Labute approximate surface area is 152 Å². The minimum absolute atomic E-state index is 0.0469. The number of nitrogens with one attached hydrogen (secondary N) is 2. The Morgan fingerprint density at radius 1 is 1.16 bits per heavy atom. The molecule has 0 aliphatic heterocycles. The summed E-state index contributed by atoms with van der Waals surface area (Å²) in [4.78, 5) is 12.1. The van der Waals surface area contributed by atoms with Crippen LogP contribution in [0.2, 0.25) is 5.02 Å². The van der Waals surface area contributed by atoms with Gasteiger partial charge in [0.15, 0.2) is 0 Å². The summed E-state index contributed by atoms with van der Waals surface area (Å²) in [7, 11) is -2.31. The molecule has 0 atom stereocenters. The van der Waals surface area contributed by atoms with Crippen LogP contribution in [0.5, 0.6) is 5.75 Å². The molecule has 1 amide bonds. The van der Waals surface area contributed by atoms with Crippen LogP contribution in [0.25, 0.3) is 0 Å². The Morgan fingerprint density at radius 2 is 1.80 bits per heavy atom. The molecule has 0 bridgehead atoms. The number of methoxy groups -OCH3 is 1. The van der Waals surface area contributed by atoms with Gasteiger partial charge in [-0.15, -0.1) is 0 Å². The topological polar surface area (TPSA) is 84.5 Å². The van der Waals surface area contributed by atoms with Crippen LogP contribution in [0, 0.1) is 13.8 Å². The molecular weight excluding hydrogens is 364 g/mol. The summed E-state index contributed by atoms with van der Waals surface area (Å²) in [5.74, 6) is 0.0344. The molecule has 0 saturated heterocycles. The summed E-state index contributed by atoms with van der Waals surface area (Å²) >= 11 is 6.13. The van der Waals surface area contributed by atoms with Gasteiger partial charge in [0.1, 0.15) is 5.75 Å². The van der Waals surface area contributed by atoms with E-state index in [0.29, 0.717) is 16.5 Å². The first-order chi connectivity index (χ1) is 11.7. The zero-order chi connectivity index (χ0) is 18.6. The Hall–Kier alpha value is -2.09. The predicted molar refractivity (Wildman–Crippen MR) is 97.7 cm³/mol. The molecule has 2 aromatic carbocycles. The van der Waals surface area contributed by atoms with Crippen molar-refractivity contribution in [2.24, 2.45) is 0 Å². The third-order valence-electron chi connectivity index (χ3n) is 3.49. The smallest absolute Gasteiger partial charge is 0.241 e. The second-order valence-corrected chi connectivity index (χ2v) is 7.66. The number of anilines is 1. The SMILES string of the molecule is COc1ccc(S(=O)(=O)NCC(=O)Nc2c(C)cc(C)cc2Cl)cc1. The van der Waals surface area contributed by atoms with E-state index in [1.54, 1.807) is 6.07 Å². The van der Waals surface area contributed by atoms with Gasteiger partial charge in [0, 0.05) is 0 Å². The monoisotopic (exact) mass is 382 g/mol. The molecule has 0 radical (unpaired) electrons. The van der Waals surface area contributed by atoms with Crippen LogP contribution >= 0.6 is 11.6 Å². The number of rotatable bonds is 6. The van der Waals surface area contributed by atoms with Gasteiger partial charge in [-0.2, -0.15) is 0 Å². The fourth-order valence-corrected chi connectivity index (χ4v) is 3.61. The first-order valence-corrected chi connectivity index (χ1v) is 9.29. The molecule has 6 nitrogen and oxygen atoms in total. The first kappa shape index (κ1) is 19.2. The number of aryl methyl sites for hydroxylation is 2. The van der Waals surface area contributed by atoms with E-state index >= 15 is 0 Å². The number of carbonyl (C=O) groups excluding carboxylic acids is 1. The largest absolute Gasteiger partial charge is 0.497 e. The van der Waals surface area contributed by atoms with Gasteiger partial charge in [-0.05, 0) is 55.3 Å². The molecule has 0 unspecified atom stereocenters. The van der Waals surface area contributed by atoms with Crippen molar-refractivity contribution in [3.05, 3.63) is 52.5 Å². The maximum absolute atomic E-state index is 12.2. The van der Waals surface area contributed by atoms with Gasteiger partial charge >= 0.3 is 0 Å². The predicted octanol–water partition coefficient (Wildman–Crippen LogP) is 2.88. The van der Waals surface area contributed by atoms with Gasteiger partial charge in [-0.3, -0.25) is 4.79 Å². The number of sulfonamides is 1. The van der Waals surface area contributed by atoms with Crippen molar-refractivity contribution in [2.75, 3.05) is 19.0 Å². The van der Waals surface area contributed by atoms with E-state index < -0.39 is 22.5 Å². The highest BCUT2D eigenvalue weighted by atomic mass is 35.5. The average molecular weight is 383 g/mol. The minimum Gasteiger partial charge on any atom is -0.497 e. The van der Waals surface area contributed by atoms with Crippen LogP contribution in [-0.4, -0.2) is 28.0 Å². The molecule has 2 N–H and O–H groups in total. The van der Waals surface area contributed by atoms with E-state index in [1.807, 2.05) is 19.9 Å². The zero-order valence-electron chi connectivity index (χ0n) is 14.1. The third kappa shape index (κ3) is 4.94. The molecule has 0 aliphatic carbocycles. The molecule has 2 rings (SSSR count). The van der Waals surface area contributed by atoms with E-state index in [1.165, 1.54) is 31.4 Å². The summed E-state index contributed by atoms with van der Waals surface area (Å²) in [6, 6.07) is 9.48. The molecule has 0 fully saturated rings. The molecule has 25 heavy (non-hydrogen) atoms. The number of hydrogen-bond acceptors (Lipinski definition) is 4. The normalized spacial score (nSPS) is 11.2. The van der Waals surface area contributed by atoms with Crippen LogP contribution in [0.4, 0.5) is 5.69 Å². The molecule has 0 aliphatic rings. The highest BCUT2D eigenvalue weighted by Gasteiger charge is 2.16. The summed E-state index contributed by atoms with van der Waals surface area (Å²) < 4.78 is 31.7. The lowest BCUT2D eigenvalue weighted by atomic mass is 10.1. The Morgan fingerprint density at radius 3 is 2.36 bits per heavy atom. The van der Waals surface area contributed by atoms with Gasteiger partial charge < -0.3 is 10.1 Å². The van der Waals surface area contributed by atoms with E-state index in [0.717, 1.165) is 11.1 Å². The number of halogens is 1. The maximum atomic E-state index is 12.2. The molecular formula is C17H19ClN2O4S. The van der Waals surface area contributed by atoms with Crippen LogP contribution in [0.15, 0.2) is 41.3 Å². The molecule has 0 heterocycles. The van der Waals surface area contributed by atoms with E-state index in [-0.39, 0.29) is 4.90 Å². The highest BCUT2D eigenvalue weighted by Crippen LogP contribution is 2.27. The number of amides is 1. The fraction of sp³-hybridized carbons (Fsp3) is 0.235. The average Bonchev–Trinajstić information content (AvgIpc) is 2.56. The van der Waals surface area contributed by atoms with Crippen molar-refractivity contribution < 1.29 is 17.9 Å². The van der Waals surface area contributed by atoms with Gasteiger partial charge in [-0.25, -0.2) is 13.1 Å². The van der Waals surface area contributed by atoms with Crippen molar-refractivity contribution in [3.8, 4) is 5.75 Å². The van der Waals surface area contributed by atoms with Gasteiger partial charge in [-0.1, -0.05) is 17.7 Å². The molecule has 0 spiro atoms. The maximum Gasteiger partial charge on any atom is 0.241 e. The van der Waals surface area contributed by atoms with Crippen molar-refractivity contribution in [1.29, 1.82) is 0 Å². The van der Waals surface area contributed by atoms with Crippen LogP contribution in [0.1, 0.15) is 11.1 Å². The summed E-state index contributed by atoms with van der Waals surface area (Å²) in [5.41, 5.74) is 2.25. The lowest BCUT2D eigenvalue weighted by Crippen LogP contribution is -2.33. The van der Waals surface area contributed by atoms with Crippen molar-refractivity contribution >= 4 is 33.2 Å². The fourth-order valence-electron chi connectivity index (χ4n) is 2.26. The van der Waals surface area contributed by atoms with Crippen LogP contribution < -0.4 is 14.8 Å². The third-order valence-corrected chi connectivity index (χ3v) is 5.20. The molecule has 2 aromatic rings.